The van der Waals surface area contributed by atoms with Crippen molar-refractivity contribution >= 4 is 9.84 Å². The van der Waals surface area contributed by atoms with Gasteiger partial charge in [0.1, 0.15) is 5.82 Å². The van der Waals surface area contributed by atoms with Crippen molar-refractivity contribution in [2.24, 2.45) is 0 Å². The smallest absolute Gasteiger partial charge is 0.175 e. The van der Waals surface area contributed by atoms with Crippen LogP contribution in [0.5, 0.6) is 0 Å². The summed E-state index contributed by atoms with van der Waals surface area (Å²) >= 11 is 0. The number of rotatable bonds is 5. The van der Waals surface area contributed by atoms with Crippen LogP contribution in [-0.4, -0.2) is 35.9 Å². The average Bonchev–Trinajstić information content (AvgIpc) is 2.77. The van der Waals surface area contributed by atoms with Gasteiger partial charge in [-0.25, -0.2) is 13.4 Å². The Hall–Kier alpha value is -1.66. The van der Waals surface area contributed by atoms with E-state index < -0.39 is 9.84 Å². The molecular weight excluding hydrogens is 264 g/mol. The first-order valence-electron chi connectivity index (χ1n) is 5.90. The monoisotopic (exact) mass is 280 g/mol. The Kier molecular flexibility index (Phi) is 4.01. The minimum Gasteiger partial charge on any atom is -0.395 e. The van der Waals surface area contributed by atoms with Crippen LogP contribution in [-0.2, 0) is 22.8 Å². The highest BCUT2D eigenvalue weighted by Crippen LogP contribution is 2.13. The van der Waals surface area contributed by atoms with Gasteiger partial charge in [-0.2, -0.15) is 0 Å². The SMILES string of the molecule is CS(=O)(=O)c1ccc(Cc2nccn2CCO)cc1. The topological polar surface area (TPSA) is 72.2 Å². The van der Waals surface area contributed by atoms with Crippen LogP contribution in [0.4, 0.5) is 0 Å². The number of sulfone groups is 1. The third-order valence-corrected chi connectivity index (χ3v) is 3.98. The second-order valence-electron chi connectivity index (χ2n) is 4.35. The van der Waals surface area contributed by atoms with Crippen LogP contribution in [0.1, 0.15) is 11.4 Å². The van der Waals surface area contributed by atoms with Gasteiger partial charge in [-0.3, -0.25) is 0 Å². The maximum atomic E-state index is 11.4. The van der Waals surface area contributed by atoms with Crippen LogP contribution in [0.15, 0.2) is 41.6 Å². The minimum atomic E-state index is -3.15. The normalized spacial score (nSPS) is 11.7. The first-order valence-corrected chi connectivity index (χ1v) is 7.79. The number of hydrogen-bond donors (Lipinski definition) is 1. The standard InChI is InChI=1S/C13H16N2O3S/c1-19(17,18)12-4-2-11(3-5-12)10-13-14-6-7-15(13)8-9-16/h2-7,16H,8-10H2,1H3. The Bertz CT molecular complexity index is 645. The zero-order valence-corrected chi connectivity index (χ0v) is 11.5. The number of hydrogen-bond acceptors (Lipinski definition) is 4. The Labute approximate surface area is 112 Å². The van der Waals surface area contributed by atoms with Crippen LogP contribution in [0.2, 0.25) is 0 Å². The third-order valence-electron chi connectivity index (χ3n) is 2.86. The molecule has 0 aliphatic carbocycles. The van der Waals surface area contributed by atoms with Gasteiger partial charge in [0.15, 0.2) is 9.84 Å². The van der Waals surface area contributed by atoms with E-state index in [1.165, 1.54) is 6.26 Å². The van der Waals surface area contributed by atoms with Crippen molar-refractivity contribution in [2.45, 2.75) is 17.9 Å². The molecule has 1 heterocycles. The summed E-state index contributed by atoms with van der Waals surface area (Å²) in [5.41, 5.74) is 0.984. The van der Waals surface area contributed by atoms with Crippen LogP contribution in [0.25, 0.3) is 0 Å². The van der Waals surface area contributed by atoms with Crippen molar-refractivity contribution in [1.82, 2.24) is 9.55 Å². The Balaban J connectivity index is 2.18. The molecule has 5 nitrogen and oxygen atoms in total. The summed E-state index contributed by atoms with van der Waals surface area (Å²) in [6.45, 7) is 0.577. The molecule has 0 fully saturated rings. The van der Waals surface area contributed by atoms with Gasteiger partial charge in [0.25, 0.3) is 0 Å². The van der Waals surface area contributed by atoms with Gasteiger partial charge in [-0.1, -0.05) is 12.1 Å². The molecule has 0 bridgehead atoms. The van der Waals surface area contributed by atoms with Gasteiger partial charge in [0, 0.05) is 31.6 Å². The largest absolute Gasteiger partial charge is 0.395 e. The van der Waals surface area contributed by atoms with E-state index in [0.29, 0.717) is 17.9 Å². The molecule has 0 spiro atoms. The molecule has 1 N–H and O–H groups in total. The van der Waals surface area contributed by atoms with Crippen LogP contribution in [0, 0.1) is 0 Å². The molecule has 2 rings (SSSR count). The lowest BCUT2D eigenvalue weighted by molar-refractivity contribution is 0.274. The van der Waals surface area contributed by atoms with Crippen molar-refractivity contribution in [3.8, 4) is 0 Å². The van der Waals surface area contributed by atoms with Gasteiger partial charge in [0.2, 0.25) is 0 Å². The van der Waals surface area contributed by atoms with E-state index in [-0.39, 0.29) is 6.61 Å². The number of aliphatic hydroxyl groups is 1. The second-order valence-corrected chi connectivity index (χ2v) is 6.37. The molecule has 2 aromatic rings. The van der Waals surface area contributed by atoms with E-state index in [1.807, 2.05) is 10.8 Å². The van der Waals surface area contributed by atoms with Gasteiger partial charge < -0.3 is 9.67 Å². The second kappa shape index (κ2) is 5.54. The zero-order valence-electron chi connectivity index (χ0n) is 10.7. The molecule has 0 unspecified atom stereocenters. The lowest BCUT2D eigenvalue weighted by Crippen LogP contribution is -2.06. The quantitative estimate of drug-likeness (QED) is 0.882. The van der Waals surface area contributed by atoms with E-state index >= 15 is 0 Å². The molecule has 102 valence electrons. The molecule has 0 saturated heterocycles. The van der Waals surface area contributed by atoms with Crippen molar-refractivity contribution in [3.05, 3.63) is 48.0 Å². The molecule has 0 saturated carbocycles. The lowest BCUT2D eigenvalue weighted by atomic mass is 10.1. The molecule has 0 aliphatic rings. The summed E-state index contributed by atoms with van der Waals surface area (Å²) in [5, 5.41) is 8.94. The summed E-state index contributed by atoms with van der Waals surface area (Å²) in [7, 11) is -3.15. The number of benzene rings is 1. The van der Waals surface area contributed by atoms with Gasteiger partial charge in [0.05, 0.1) is 11.5 Å². The maximum absolute atomic E-state index is 11.4. The fraction of sp³-hybridized carbons (Fsp3) is 0.308. The Morgan fingerprint density at radius 1 is 1.26 bits per heavy atom. The third kappa shape index (κ3) is 3.42. The van der Waals surface area contributed by atoms with Gasteiger partial charge in [-0.15, -0.1) is 0 Å². The molecule has 1 aromatic carbocycles. The molecule has 1 aromatic heterocycles. The molecule has 6 heteroatoms. The predicted molar refractivity (Wildman–Crippen MR) is 71.7 cm³/mol. The fourth-order valence-corrected chi connectivity index (χ4v) is 2.49. The van der Waals surface area contributed by atoms with E-state index in [2.05, 4.69) is 4.98 Å². The highest BCUT2D eigenvalue weighted by Gasteiger charge is 2.08. The number of aliphatic hydroxyl groups excluding tert-OH is 1. The molecule has 0 aliphatic heterocycles. The molecule has 0 atom stereocenters. The van der Waals surface area contributed by atoms with Crippen molar-refractivity contribution in [1.29, 1.82) is 0 Å². The summed E-state index contributed by atoms with van der Waals surface area (Å²) in [5.74, 6) is 0.848. The maximum Gasteiger partial charge on any atom is 0.175 e. The predicted octanol–water partition coefficient (Wildman–Crippen LogP) is 0.870. The lowest BCUT2D eigenvalue weighted by Gasteiger charge is -2.06. The first-order chi connectivity index (χ1) is 9.00. The summed E-state index contributed by atoms with van der Waals surface area (Å²) in [4.78, 5) is 4.55. The highest BCUT2D eigenvalue weighted by molar-refractivity contribution is 7.90. The molecular formula is C13H16N2O3S. The van der Waals surface area contributed by atoms with Crippen molar-refractivity contribution < 1.29 is 13.5 Å². The molecule has 0 radical (unpaired) electrons. The summed E-state index contributed by atoms with van der Waals surface area (Å²) < 4.78 is 24.6. The minimum absolute atomic E-state index is 0.0658. The number of imidazole rings is 1. The van der Waals surface area contributed by atoms with E-state index in [1.54, 1.807) is 30.5 Å². The molecule has 0 amide bonds. The Morgan fingerprint density at radius 3 is 2.53 bits per heavy atom. The first kappa shape index (κ1) is 13.8. The van der Waals surface area contributed by atoms with E-state index in [9.17, 15) is 8.42 Å². The van der Waals surface area contributed by atoms with E-state index in [0.717, 1.165) is 11.4 Å². The van der Waals surface area contributed by atoms with Crippen LogP contribution >= 0.6 is 0 Å². The van der Waals surface area contributed by atoms with Gasteiger partial charge in [-0.05, 0) is 17.7 Å². The van der Waals surface area contributed by atoms with Crippen molar-refractivity contribution in [2.75, 3.05) is 12.9 Å². The number of nitrogens with zero attached hydrogens (tertiary/aromatic N) is 2. The average molecular weight is 280 g/mol. The van der Waals surface area contributed by atoms with Crippen molar-refractivity contribution in [3.63, 3.8) is 0 Å². The summed E-state index contributed by atoms with van der Waals surface area (Å²) in [6, 6.07) is 6.77. The number of aromatic nitrogens is 2. The highest BCUT2D eigenvalue weighted by atomic mass is 32.2. The van der Waals surface area contributed by atoms with Gasteiger partial charge >= 0.3 is 0 Å². The van der Waals surface area contributed by atoms with Crippen LogP contribution in [0.3, 0.4) is 0 Å². The Morgan fingerprint density at radius 2 is 1.95 bits per heavy atom. The van der Waals surface area contributed by atoms with E-state index in [4.69, 9.17) is 5.11 Å². The van der Waals surface area contributed by atoms with Crippen LogP contribution < -0.4 is 0 Å². The molecule has 19 heavy (non-hydrogen) atoms. The summed E-state index contributed by atoms with van der Waals surface area (Å²) in [6.07, 6.45) is 5.30. The fourth-order valence-electron chi connectivity index (χ4n) is 1.86. The zero-order chi connectivity index (χ0) is 13.9.